The van der Waals surface area contributed by atoms with E-state index in [4.69, 9.17) is 10.2 Å². The summed E-state index contributed by atoms with van der Waals surface area (Å²) < 4.78 is 0. The first-order valence-electron chi connectivity index (χ1n) is 3.87. The van der Waals surface area contributed by atoms with Crippen LogP contribution in [0.2, 0.25) is 0 Å². The largest absolute Gasteiger partial charge is 0.231 e. The Balaban J connectivity index is 0. The highest BCUT2D eigenvalue weighted by Gasteiger charge is 1.80. The molecule has 0 bridgehead atoms. The van der Waals surface area contributed by atoms with Crippen LogP contribution in [0.25, 0.3) is 0 Å². The highest BCUT2D eigenvalue weighted by atomic mass is 16.1. The van der Waals surface area contributed by atoms with Gasteiger partial charge >= 0.3 is 0 Å². The first kappa shape index (κ1) is 12.1. The number of hydrogen-bond donors (Lipinski definition) is 1. The summed E-state index contributed by atoms with van der Waals surface area (Å²) in [6, 6.07) is 0. The second kappa shape index (κ2) is 15.8. The molecular formula is C8H17NO. The van der Waals surface area contributed by atoms with Crippen molar-refractivity contribution in [3.05, 3.63) is 0 Å². The maximum atomic E-state index is 8.35. The summed E-state index contributed by atoms with van der Waals surface area (Å²) in [6.07, 6.45) is 7.76. The Labute approximate surface area is 63.1 Å². The van der Waals surface area contributed by atoms with Crippen molar-refractivity contribution in [2.75, 3.05) is 0 Å². The van der Waals surface area contributed by atoms with Crippen LogP contribution in [0.3, 0.4) is 0 Å². The van der Waals surface area contributed by atoms with E-state index < -0.39 is 0 Å². The van der Waals surface area contributed by atoms with Gasteiger partial charge in [0.2, 0.25) is 6.08 Å². The second-order valence-corrected chi connectivity index (χ2v) is 2.16. The van der Waals surface area contributed by atoms with Crippen LogP contribution in [-0.2, 0) is 4.79 Å². The van der Waals surface area contributed by atoms with Crippen LogP contribution in [0.1, 0.15) is 46.0 Å². The normalized spacial score (nSPS) is 7.40. The van der Waals surface area contributed by atoms with Crippen LogP contribution < -0.4 is 0 Å². The molecule has 0 fully saturated rings. The van der Waals surface area contributed by atoms with Crippen molar-refractivity contribution in [3.63, 3.8) is 0 Å². The number of carbonyl (C=O) groups excluding carboxylic acids is 1. The molecule has 0 amide bonds. The monoisotopic (exact) mass is 143 g/mol. The molecular weight excluding hydrogens is 126 g/mol. The van der Waals surface area contributed by atoms with Gasteiger partial charge in [-0.15, -0.1) is 0 Å². The standard InChI is InChI=1S/C7H16.CHNO/c1-3-5-7-6-4-2;2-1-3/h3-7H2,1-2H3;2H. The molecule has 10 heavy (non-hydrogen) atoms. The van der Waals surface area contributed by atoms with E-state index in [-0.39, 0.29) is 0 Å². The van der Waals surface area contributed by atoms with Crippen LogP contribution in [-0.4, -0.2) is 6.08 Å². The van der Waals surface area contributed by atoms with E-state index in [9.17, 15) is 0 Å². The first-order chi connectivity index (χ1) is 4.83. The summed E-state index contributed by atoms with van der Waals surface area (Å²) in [7, 11) is 0. The minimum Gasteiger partial charge on any atom is -0.222 e. The van der Waals surface area contributed by atoms with Gasteiger partial charge in [-0.1, -0.05) is 46.0 Å². The summed E-state index contributed by atoms with van der Waals surface area (Å²) >= 11 is 0. The Kier molecular flexibility index (Phi) is 19.1. The van der Waals surface area contributed by atoms with Gasteiger partial charge in [-0.2, -0.15) is 0 Å². The molecule has 0 rings (SSSR count). The van der Waals surface area contributed by atoms with Gasteiger partial charge in [0.1, 0.15) is 0 Å². The minimum absolute atomic E-state index is 0.750. The third kappa shape index (κ3) is 26.3. The SMILES string of the molecule is CCCCCCC.N=C=O. The van der Waals surface area contributed by atoms with E-state index in [0.717, 1.165) is 6.08 Å². The fourth-order valence-electron chi connectivity index (χ4n) is 0.677. The van der Waals surface area contributed by atoms with E-state index in [0.29, 0.717) is 0 Å². The van der Waals surface area contributed by atoms with E-state index in [1.54, 1.807) is 0 Å². The number of isocyanates is 1. The average molecular weight is 143 g/mol. The van der Waals surface area contributed by atoms with Crippen molar-refractivity contribution in [1.29, 1.82) is 5.41 Å². The highest BCUT2D eigenvalue weighted by Crippen LogP contribution is 2.00. The number of unbranched alkanes of at least 4 members (excludes halogenated alkanes) is 4. The summed E-state index contributed by atoms with van der Waals surface area (Å²) in [5, 5.41) is 5.40. The lowest BCUT2D eigenvalue weighted by atomic mass is 10.2. The van der Waals surface area contributed by atoms with Crippen molar-refractivity contribution < 1.29 is 4.79 Å². The zero-order valence-corrected chi connectivity index (χ0v) is 6.94. The lowest BCUT2D eigenvalue weighted by Crippen LogP contribution is -1.70. The fraction of sp³-hybridized carbons (Fsp3) is 0.875. The van der Waals surface area contributed by atoms with E-state index in [2.05, 4.69) is 13.8 Å². The number of rotatable bonds is 4. The second-order valence-electron chi connectivity index (χ2n) is 2.16. The van der Waals surface area contributed by atoms with E-state index in [1.165, 1.54) is 32.1 Å². The van der Waals surface area contributed by atoms with Gasteiger partial charge in [-0.05, 0) is 0 Å². The molecule has 2 nitrogen and oxygen atoms in total. The molecule has 0 unspecified atom stereocenters. The Hall–Kier alpha value is -0.620. The molecule has 0 saturated carbocycles. The lowest BCUT2D eigenvalue weighted by Gasteiger charge is -1.90. The molecule has 0 saturated heterocycles. The Morgan fingerprint density at radius 1 is 1.10 bits per heavy atom. The maximum absolute atomic E-state index is 8.35. The van der Waals surface area contributed by atoms with Crippen molar-refractivity contribution in [3.8, 4) is 0 Å². The van der Waals surface area contributed by atoms with Gasteiger partial charge < -0.3 is 0 Å². The van der Waals surface area contributed by atoms with Crippen LogP contribution in [0.15, 0.2) is 0 Å². The molecule has 0 spiro atoms. The summed E-state index contributed by atoms with van der Waals surface area (Å²) in [4.78, 5) is 8.35. The van der Waals surface area contributed by atoms with Gasteiger partial charge in [0.05, 0.1) is 0 Å². The molecule has 0 radical (unpaired) electrons. The van der Waals surface area contributed by atoms with Crippen molar-refractivity contribution in [2.45, 2.75) is 46.0 Å². The smallest absolute Gasteiger partial charge is 0.222 e. The Morgan fingerprint density at radius 2 is 1.40 bits per heavy atom. The zero-order valence-electron chi connectivity index (χ0n) is 6.94. The molecule has 0 atom stereocenters. The topological polar surface area (TPSA) is 40.9 Å². The molecule has 0 aromatic rings. The van der Waals surface area contributed by atoms with Gasteiger partial charge in [0, 0.05) is 0 Å². The minimum atomic E-state index is 0.750. The van der Waals surface area contributed by atoms with Crippen LogP contribution in [0.5, 0.6) is 0 Å². The fourth-order valence-corrected chi connectivity index (χ4v) is 0.677. The molecule has 0 aliphatic rings. The van der Waals surface area contributed by atoms with Gasteiger partial charge in [0.25, 0.3) is 0 Å². The summed E-state index contributed by atoms with van der Waals surface area (Å²) in [5.41, 5.74) is 0. The molecule has 2 heteroatoms. The molecule has 1 N–H and O–H groups in total. The van der Waals surface area contributed by atoms with Crippen molar-refractivity contribution in [1.82, 2.24) is 0 Å². The maximum Gasteiger partial charge on any atom is 0.231 e. The zero-order chi connectivity index (χ0) is 8.24. The quantitative estimate of drug-likeness (QED) is 0.367. The van der Waals surface area contributed by atoms with E-state index >= 15 is 0 Å². The molecule has 0 aliphatic carbocycles. The number of hydrogen-bond acceptors (Lipinski definition) is 2. The molecule has 60 valence electrons. The van der Waals surface area contributed by atoms with Crippen molar-refractivity contribution >= 4 is 6.08 Å². The average Bonchev–Trinajstić information content (AvgIpc) is 1.91. The summed E-state index contributed by atoms with van der Waals surface area (Å²) in [6.45, 7) is 4.49. The lowest BCUT2D eigenvalue weighted by molar-refractivity contribution is 0.563. The molecule has 0 aromatic heterocycles. The van der Waals surface area contributed by atoms with Gasteiger partial charge in [-0.25, -0.2) is 10.2 Å². The van der Waals surface area contributed by atoms with Crippen LogP contribution in [0, 0.1) is 5.41 Å². The Morgan fingerprint density at radius 3 is 1.60 bits per heavy atom. The van der Waals surface area contributed by atoms with Crippen LogP contribution >= 0.6 is 0 Å². The predicted molar refractivity (Wildman–Crippen MR) is 42.8 cm³/mol. The molecule has 0 aliphatic heterocycles. The molecule has 0 heterocycles. The van der Waals surface area contributed by atoms with Gasteiger partial charge in [-0.3, -0.25) is 0 Å². The van der Waals surface area contributed by atoms with Crippen molar-refractivity contribution in [2.24, 2.45) is 0 Å². The summed E-state index contributed by atoms with van der Waals surface area (Å²) in [5.74, 6) is 0. The van der Waals surface area contributed by atoms with Crippen LogP contribution in [0.4, 0.5) is 0 Å². The molecule has 0 aromatic carbocycles. The predicted octanol–water partition coefficient (Wildman–Crippen LogP) is 2.88. The van der Waals surface area contributed by atoms with Gasteiger partial charge in [0.15, 0.2) is 0 Å². The van der Waals surface area contributed by atoms with E-state index in [1.807, 2.05) is 0 Å². The first-order valence-corrected chi connectivity index (χ1v) is 3.87. The third-order valence-electron chi connectivity index (χ3n) is 1.21. The number of nitrogens with one attached hydrogen (secondary N) is 1. The highest BCUT2D eigenvalue weighted by molar-refractivity contribution is 5.26. The Bertz CT molecular complexity index is 71.3. The third-order valence-corrected chi connectivity index (χ3v) is 1.21.